The number of hydrogen-bond donors (Lipinski definition) is 1. The number of aliphatic hydroxyl groups is 1. The molecule has 2 saturated heterocycles. The first kappa shape index (κ1) is 20.7. The van der Waals surface area contributed by atoms with Gasteiger partial charge in [-0.05, 0) is 18.4 Å². The van der Waals surface area contributed by atoms with Gasteiger partial charge in [-0.15, -0.1) is 0 Å². The van der Waals surface area contributed by atoms with Gasteiger partial charge in [-0.1, -0.05) is 30.3 Å². The van der Waals surface area contributed by atoms with E-state index in [0.717, 1.165) is 25.0 Å². The smallest absolute Gasteiger partial charge is 0.218 e. The van der Waals surface area contributed by atoms with Gasteiger partial charge in [-0.3, -0.25) is 4.90 Å². The van der Waals surface area contributed by atoms with Gasteiger partial charge in [0.2, 0.25) is 10.0 Å². The van der Waals surface area contributed by atoms with Crippen LogP contribution in [-0.4, -0.2) is 87.5 Å². The van der Waals surface area contributed by atoms with E-state index in [1.165, 1.54) is 0 Å². The summed E-state index contributed by atoms with van der Waals surface area (Å²) in [5.41, 5.74) is 0.804. The lowest BCUT2D eigenvalue weighted by Gasteiger charge is -2.34. The van der Waals surface area contributed by atoms with Crippen molar-refractivity contribution < 1.29 is 23.0 Å². The molecule has 1 N–H and O–H groups in total. The molecule has 0 saturated carbocycles. The summed E-state index contributed by atoms with van der Waals surface area (Å²) < 4.78 is 37.8. The van der Waals surface area contributed by atoms with Crippen LogP contribution in [0, 0.1) is 0 Å². The largest absolute Gasteiger partial charge is 0.389 e. The zero-order valence-corrected chi connectivity index (χ0v) is 16.5. The van der Waals surface area contributed by atoms with Crippen LogP contribution in [0.1, 0.15) is 18.4 Å². The molecule has 0 amide bonds. The predicted molar refractivity (Wildman–Crippen MR) is 103 cm³/mol. The van der Waals surface area contributed by atoms with Gasteiger partial charge in [0.25, 0.3) is 0 Å². The van der Waals surface area contributed by atoms with E-state index in [9.17, 15) is 13.5 Å². The number of rotatable bonds is 9. The summed E-state index contributed by atoms with van der Waals surface area (Å²) in [6, 6.07) is 9.25. The summed E-state index contributed by atoms with van der Waals surface area (Å²) in [6.45, 7) is 4.27. The minimum atomic E-state index is -3.31. The highest BCUT2D eigenvalue weighted by molar-refractivity contribution is 7.88. The second-order valence-electron chi connectivity index (χ2n) is 7.27. The Kier molecular flexibility index (Phi) is 7.63. The van der Waals surface area contributed by atoms with Crippen molar-refractivity contribution in [3.63, 3.8) is 0 Å². The van der Waals surface area contributed by atoms with Crippen molar-refractivity contribution in [3.8, 4) is 0 Å². The fourth-order valence-corrected chi connectivity index (χ4v) is 5.04. The third-order valence-electron chi connectivity index (χ3n) is 5.02. The standard InChI is InChI=1S/C19H30N2O5S/c22-18(14-25-15-19-7-4-12-26-19)13-20-8-10-21(11-9-20)27(23,24)16-17-5-2-1-3-6-17/h1-3,5-6,18-19,22H,4,7-16H2/t18-,19+/m1/s1. The van der Waals surface area contributed by atoms with E-state index in [1.807, 2.05) is 30.3 Å². The van der Waals surface area contributed by atoms with Crippen LogP contribution in [0.2, 0.25) is 0 Å². The van der Waals surface area contributed by atoms with Crippen molar-refractivity contribution in [1.82, 2.24) is 9.21 Å². The molecule has 0 unspecified atom stereocenters. The average molecular weight is 399 g/mol. The molecule has 7 nitrogen and oxygen atoms in total. The average Bonchev–Trinajstić information content (AvgIpc) is 3.16. The Morgan fingerprint density at radius 1 is 1.19 bits per heavy atom. The van der Waals surface area contributed by atoms with Gasteiger partial charge in [-0.25, -0.2) is 8.42 Å². The van der Waals surface area contributed by atoms with Crippen LogP contribution in [0.25, 0.3) is 0 Å². The van der Waals surface area contributed by atoms with Crippen molar-refractivity contribution >= 4 is 10.0 Å². The normalized spacial score (nSPS) is 23.5. The molecule has 1 aromatic carbocycles. The molecule has 0 bridgehead atoms. The molecule has 8 heteroatoms. The Hall–Kier alpha value is -1.03. The van der Waals surface area contributed by atoms with Crippen LogP contribution >= 0.6 is 0 Å². The molecule has 152 valence electrons. The Morgan fingerprint density at radius 3 is 2.59 bits per heavy atom. The maximum atomic E-state index is 12.6. The molecule has 2 atom stereocenters. The maximum Gasteiger partial charge on any atom is 0.218 e. The highest BCUT2D eigenvalue weighted by Crippen LogP contribution is 2.14. The number of benzene rings is 1. The van der Waals surface area contributed by atoms with Gasteiger partial charge >= 0.3 is 0 Å². The van der Waals surface area contributed by atoms with Crippen molar-refractivity contribution in [2.75, 3.05) is 52.5 Å². The molecule has 0 aromatic heterocycles. The Morgan fingerprint density at radius 2 is 1.93 bits per heavy atom. The van der Waals surface area contributed by atoms with Crippen LogP contribution < -0.4 is 0 Å². The maximum absolute atomic E-state index is 12.6. The quantitative estimate of drug-likeness (QED) is 0.659. The van der Waals surface area contributed by atoms with E-state index in [1.54, 1.807) is 4.31 Å². The summed E-state index contributed by atoms with van der Waals surface area (Å²) in [7, 11) is -3.31. The fraction of sp³-hybridized carbons (Fsp3) is 0.684. The van der Waals surface area contributed by atoms with Gasteiger partial charge in [0, 0.05) is 39.3 Å². The molecular weight excluding hydrogens is 368 g/mol. The summed E-state index contributed by atoms with van der Waals surface area (Å²) in [5.74, 6) is 0.0353. The van der Waals surface area contributed by atoms with Gasteiger partial charge in [0.05, 0.1) is 31.2 Å². The first-order valence-corrected chi connectivity index (χ1v) is 11.3. The molecule has 0 aliphatic carbocycles. The Bertz CT molecular complexity index is 656. The zero-order valence-electron chi connectivity index (χ0n) is 15.7. The van der Waals surface area contributed by atoms with Gasteiger partial charge in [0.15, 0.2) is 0 Å². The first-order valence-electron chi connectivity index (χ1n) is 9.64. The summed E-state index contributed by atoms with van der Waals surface area (Å²) in [5, 5.41) is 10.2. The second kappa shape index (κ2) is 9.95. The van der Waals surface area contributed by atoms with Gasteiger partial charge in [0.1, 0.15) is 0 Å². The van der Waals surface area contributed by atoms with Crippen molar-refractivity contribution in [2.24, 2.45) is 0 Å². The third kappa shape index (κ3) is 6.51. The summed E-state index contributed by atoms with van der Waals surface area (Å²) in [6.07, 6.45) is 1.69. The van der Waals surface area contributed by atoms with Gasteiger partial charge in [-0.2, -0.15) is 4.31 Å². The highest BCUT2D eigenvalue weighted by Gasteiger charge is 2.28. The van der Waals surface area contributed by atoms with E-state index >= 15 is 0 Å². The topological polar surface area (TPSA) is 79.3 Å². The predicted octanol–water partition coefficient (Wildman–Crippen LogP) is 0.691. The van der Waals surface area contributed by atoms with Crippen LogP contribution in [0.15, 0.2) is 30.3 Å². The van der Waals surface area contributed by atoms with Crippen LogP contribution in [0.5, 0.6) is 0 Å². The molecule has 1 aromatic rings. The number of nitrogens with zero attached hydrogens (tertiary/aromatic N) is 2. The lowest BCUT2D eigenvalue weighted by Crippen LogP contribution is -2.51. The Labute approximate surface area is 161 Å². The molecule has 2 aliphatic rings. The number of β-amino-alcohol motifs (C(OH)–C–C–N with tert-alkyl or cyclic N) is 1. The number of hydrogen-bond acceptors (Lipinski definition) is 6. The van der Waals surface area contributed by atoms with Crippen LogP contribution in [0.3, 0.4) is 0 Å². The third-order valence-corrected chi connectivity index (χ3v) is 6.87. The molecule has 27 heavy (non-hydrogen) atoms. The van der Waals surface area contributed by atoms with Crippen molar-refractivity contribution in [1.29, 1.82) is 0 Å². The molecule has 0 radical (unpaired) electrons. The monoisotopic (exact) mass is 398 g/mol. The molecule has 2 heterocycles. The molecule has 0 spiro atoms. The van der Waals surface area contributed by atoms with Crippen molar-refractivity contribution in [3.05, 3.63) is 35.9 Å². The van der Waals surface area contributed by atoms with E-state index in [4.69, 9.17) is 9.47 Å². The number of piperazine rings is 1. The Balaban J connectivity index is 1.36. The molecule has 3 rings (SSSR count). The first-order chi connectivity index (χ1) is 13.0. The number of ether oxygens (including phenoxy) is 2. The SMILES string of the molecule is O=S(=O)(Cc1ccccc1)N1CCN(C[C@@H](O)COC[C@@H]2CCCO2)CC1. The summed E-state index contributed by atoms with van der Waals surface area (Å²) >= 11 is 0. The molecule has 2 fully saturated rings. The second-order valence-corrected chi connectivity index (χ2v) is 9.24. The fourth-order valence-electron chi connectivity index (χ4n) is 3.53. The van der Waals surface area contributed by atoms with E-state index < -0.39 is 16.1 Å². The zero-order chi connectivity index (χ0) is 19.1. The van der Waals surface area contributed by atoms with E-state index in [0.29, 0.717) is 39.3 Å². The molecular formula is C19H30N2O5S. The number of sulfonamides is 1. The van der Waals surface area contributed by atoms with E-state index in [2.05, 4.69) is 4.90 Å². The lowest BCUT2D eigenvalue weighted by molar-refractivity contribution is -0.0270. The van der Waals surface area contributed by atoms with E-state index in [-0.39, 0.29) is 18.5 Å². The molecule has 2 aliphatic heterocycles. The minimum Gasteiger partial charge on any atom is -0.389 e. The van der Waals surface area contributed by atoms with Crippen molar-refractivity contribution in [2.45, 2.75) is 30.8 Å². The number of aliphatic hydroxyl groups excluding tert-OH is 1. The van der Waals surface area contributed by atoms with Gasteiger partial charge < -0.3 is 14.6 Å². The minimum absolute atomic E-state index is 0.0353. The highest BCUT2D eigenvalue weighted by atomic mass is 32.2. The van der Waals surface area contributed by atoms with Crippen LogP contribution in [0.4, 0.5) is 0 Å². The van der Waals surface area contributed by atoms with Crippen LogP contribution in [-0.2, 0) is 25.2 Å². The lowest BCUT2D eigenvalue weighted by atomic mass is 10.2. The summed E-state index contributed by atoms with van der Waals surface area (Å²) in [4.78, 5) is 2.09.